The van der Waals surface area contributed by atoms with Crippen LogP contribution in [0.15, 0.2) is 30.9 Å². The molecule has 0 bridgehead atoms. The predicted octanol–water partition coefficient (Wildman–Crippen LogP) is 2.81. The van der Waals surface area contributed by atoms with Gasteiger partial charge in [0.15, 0.2) is 0 Å². The van der Waals surface area contributed by atoms with Gasteiger partial charge >= 0.3 is 11.9 Å². The van der Waals surface area contributed by atoms with E-state index in [1.54, 1.807) is 0 Å². The average molecular weight is 329 g/mol. The maximum atomic E-state index is 12.9. The van der Waals surface area contributed by atoms with Crippen LogP contribution in [0.5, 0.6) is 0 Å². The number of carbonyl (C=O) groups excluding carboxylic acids is 1. The monoisotopic (exact) mass is 329 g/mol. The van der Waals surface area contributed by atoms with Gasteiger partial charge < -0.3 is 10.2 Å². The number of anilines is 1. The van der Waals surface area contributed by atoms with Crippen LogP contribution in [-0.4, -0.2) is 34.9 Å². The average Bonchev–Trinajstić information content (AvgIpc) is 2.93. The summed E-state index contributed by atoms with van der Waals surface area (Å²) in [5, 5.41) is 13.8. The molecule has 1 fully saturated rings. The number of nitrogens with one attached hydrogen (secondary N) is 1. The molecule has 1 atom stereocenters. The molecule has 1 aromatic rings. The number of amides is 1. The van der Waals surface area contributed by atoms with Crippen LogP contribution >= 0.6 is 0 Å². The molecule has 0 radical (unpaired) electrons. The fraction of sp³-hybridized carbons (Fsp3) is 0.357. The van der Waals surface area contributed by atoms with Crippen molar-refractivity contribution in [3.63, 3.8) is 0 Å². The molecule has 0 spiro atoms. The first-order valence-electron chi connectivity index (χ1n) is 6.76. The van der Waals surface area contributed by atoms with E-state index in [0.29, 0.717) is 19.0 Å². The third-order valence-corrected chi connectivity index (χ3v) is 3.56. The van der Waals surface area contributed by atoms with Crippen molar-refractivity contribution in [3.8, 4) is 0 Å². The number of nitrogens with zero attached hydrogens (tertiary/aromatic N) is 2. The number of halogens is 3. The lowest BCUT2D eigenvalue weighted by molar-refractivity contribution is -0.387. The molecule has 0 aliphatic carbocycles. The van der Waals surface area contributed by atoms with Crippen LogP contribution in [0.2, 0.25) is 0 Å². The van der Waals surface area contributed by atoms with Crippen molar-refractivity contribution in [2.75, 3.05) is 18.4 Å². The van der Waals surface area contributed by atoms with Crippen LogP contribution < -0.4 is 5.32 Å². The van der Waals surface area contributed by atoms with Gasteiger partial charge in [-0.3, -0.25) is 14.9 Å². The van der Waals surface area contributed by atoms with Gasteiger partial charge in [0.05, 0.1) is 4.92 Å². The Kier molecular flexibility index (Phi) is 4.57. The first-order chi connectivity index (χ1) is 10.7. The fourth-order valence-corrected chi connectivity index (χ4v) is 2.51. The van der Waals surface area contributed by atoms with E-state index in [2.05, 4.69) is 11.9 Å². The molecule has 1 aromatic carbocycles. The van der Waals surface area contributed by atoms with E-state index in [9.17, 15) is 28.1 Å². The Morgan fingerprint density at radius 2 is 2.17 bits per heavy atom. The van der Waals surface area contributed by atoms with Crippen molar-refractivity contribution in [3.05, 3.63) is 46.5 Å². The van der Waals surface area contributed by atoms with E-state index in [-0.39, 0.29) is 24.2 Å². The smallest absolute Gasteiger partial charge is 0.375 e. The van der Waals surface area contributed by atoms with Gasteiger partial charge in [0.2, 0.25) is 5.91 Å². The molecular formula is C14H14F3N3O3. The quantitative estimate of drug-likeness (QED) is 0.523. The Morgan fingerprint density at radius 1 is 1.48 bits per heavy atom. The normalized spacial score (nSPS) is 17.9. The van der Waals surface area contributed by atoms with E-state index in [4.69, 9.17) is 0 Å². The molecule has 1 amide bonds. The van der Waals surface area contributed by atoms with Crippen LogP contribution in [0.3, 0.4) is 0 Å². The van der Waals surface area contributed by atoms with Crippen LogP contribution in [0.1, 0.15) is 12.0 Å². The van der Waals surface area contributed by atoms with Crippen LogP contribution in [-0.2, 0) is 11.0 Å². The summed E-state index contributed by atoms with van der Waals surface area (Å²) in [6.45, 7) is 4.02. The molecule has 1 saturated heterocycles. The molecular weight excluding hydrogens is 315 g/mol. The summed E-state index contributed by atoms with van der Waals surface area (Å²) in [5.41, 5.74) is -2.51. The number of rotatable bonds is 4. The zero-order valence-electron chi connectivity index (χ0n) is 12.0. The summed E-state index contributed by atoms with van der Waals surface area (Å²) in [7, 11) is 0. The Balaban J connectivity index is 2.26. The highest BCUT2D eigenvalue weighted by molar-refractivity contribution is 5.87. The first kappa shape index (κ1) is 16.8. The van der Waals surface area contributed by atoms with Gasteiger partial charge in [-0.25, -0.2) is 0 Å². The summed E-state index contributed by atoms with van der Waals surface area (Å²) in [5.74, 6) is -0.284. The van der Waals surface area contributed by atoms with Gasteiger partial charge in [0, 0.05) is 19.1 Å². The van der Waals surface area contributed by atoms with Gasteiger partial charge in [0.25, 0.3) is 0 Å². The van der Waals surface area contributed by atoms with E-state index in [1.807, 2.05) is 0 Å². The molecule has 9 heteroatoms. The van der Waals surface area contributed by atoms with Crippen LogP contribution in [0.25, 0.3) is 0 Å². The van der Waals surface area contributed by atoms with Gasteiger partial charge in [-0.15, -0.1) is 0 Å². The Bertz CT molecular complexity index is 646. The third kappa shape index (κ3) is 3.61. The molecule has 1 aliphatic rings. The molecule has 124 valence electrons. The lowest BCUT2D eigenvalue weighted by atomic mass is 10.1. The molecule has 1 aliphatic heterocycles. The highest BCUT2D eigenvalue weighted by Gasteiger charge is 2.40. The summed E-state index contributed by atoms with van der Waals surface area (Å²) in [6.07, 6.45) is -3.19. The molecule has 23 heavy (non-hydrogen) atoms. The van der Waals surface area contributed by atoms with E-state index >= 15 is 0 Å². The molecule has 2 rings (SSSR count). The highest BCUT2D eigenvalue weighted by atomic mass is 19.4. The second-order valence-corrected chi connectivity index (χ2v) is 5.07. The van der Waals surface area contributed by atoms with Crippen LogP contribution in [0, 0.1) is 10.1 Å². The molecule has 0 aromatic heterocycles. The van der Waals surface area contributed by atoms with Gasteiger partial charge in [-0.05, 0) is 24.6 Å². The van der Waals surface area contributed by atoms with Gasteiger partial charge in [-0.1, -0.05) is 12.6 Å². The summed E-state index contributed by atoms with van der Waals surface area (Å²) < 4.78 is 38.8. The minimum atomic E-state index is -4.82. The largest absolute Gasteiger partial charge is 0.423 e. The Hall–Kier alpha value is -2.58. The number of nitro groups is 1. The van der Waals surface area contributed by atoms with E-state index in [0.717, 1.165) is 12.1 Å². The number of benzene rings is 1. The summed E-state index contributed by atoms with van der Waals surface area (Å²) in [4.78, 5) is 23.0. The Morgan fingerprint density at radius 3 is 2.74 bits per heavy atom. The number of nitro benzene ring substituents is 1. The first-order valence-corrected chi connectivity index (χ1v) is 6.76. The Labute approximate surface area is 129 Å². The number of hydrogen-bond acceptors (Lipinski definition) is 4. The third-order valence-electron chi connectivity index (χ3n) is 3.56. The predicted molar refractivity (Wildman–Crippen MR) is 76.9 cm³/mol. The van der Waals surface area contributed by atoms with Crippen molar-refractivity contribution in [1.29, 1.82) is 0 Å². The second kappa shape index (κ2) is 6.27. The summed E-state index contributed by atoms with van der Waals surface area (Å²) >= 11 is 0. The van der Waals surface area contributed by atoms with Crippen LogP contribution in [0.4, 0.5) is 24.5 Å². The SMILES string of the molecule is C=CC(=O)N1CCC(Nc2cccc(C(F)(F)F)c2[N+](=O)[O-])C1. The van der Waals surface area contributed by atoms with Gasteiger partial charge in [-0.2, -0.15) is 13.2 Å². The highest BCUT2D eigenvalue weighted by Crippen LogP contribution is 2.40. The molecule has 0 saturated carbocycles. The topological polar surface area (TPSA) is 75.5 Å². The lowest BCUT2D eigenvalue weighted by Gasteiger charge is -2.17. The van der Waals surface area contributed by atoms with Crippen molar-refractivity contribution in [2.24, 2.45) is 0 Å². The number of carbonyl (C=O) groups is 1. The number of likely N-dealkylation sites (tertiary alicyclic amines) is 1. The second-order valence-electron chi connectivity index (χ2n) is 5.07. The van der Waals surface area contributed by atoms with Crippen molar-refractivity contribution in [2.45, 2.75) is 18.6 Å². The maximum Gasteiger partial charge on any atom is 0.423 e. The van der Waals surface area contributed by atoms with Crippen molar-refractivity contribution >= 4 is 17.3 Å². The lowest BCUT2D eigenvalue weighted by Crippen LogP contribution is -2.30. The molecule has 1 unspecified atom stereocenters. The standard InChI is InChI=1S/C14H14F3N3O3/c1-2-12(21)19-7-6-9(8-19)18-11-5-3-4-10(14(15,16)17)13(11)20(22)23/h2-5,9,18H,1,6-8H2. The number of para-hydroxylation sites is 1. The van der Waals surface area contributed by atoms with Crippen molar-refractivity contribution in [1.82, 2.24) is 4.90 Å². The zero-order valence-corrected chi connectivity index (χ0v) is 12.0. The molecule has 1 N–H and O–H groups in total. The summed E-state index contributed by atoms with van der Waals surface area (Å²) in [6, 6.07) is 2.65. The molecule has 6 nitrogen and oxygen atoms in total. The number of hydrogen-bond donors (Lipinski definition) is 1. The zero-order chi connectivity index (χ0) is 17.2. The number of alkyl halides is 3. The van der Waals surface area contributed by atoms with Gasteiger partial charge in [0.1, 0.15) is 11.3 Å². The van der Waals surface area contributed by atoms with Crippen molar-refractivity contribution < 1.29 is 22.9 Å². The minimum absolute atomic E-state index is 0.206. The minimum Gasteiger partial charge on any atom is -0.375 e. The fourth-order valence-electron chi connectivity index (χ4n) is 2.51. The van der Waals surface area contributed by atoms with E-state index in [1.165, 1.54) is 11.0 Å². The van der Waals surface area contributed by atoms with E-state index < -0.39 is 22.4 Å². The maximum absolute atomic E-state index is 12.9. The molecule has 1 heterocycles.